The third kappa shape index (κ3) is 5.64. The van der Waals surface area contributed by atoms with Crippen LogP contribution in [-0.4, -0.2) is 28.2 Å². The predicted molar refractivity (Wildman–Crippen MR) is 121 cm³/mol. The highest BCUT2D eigenvalue weighted by Gasteiger charge is 2.28. The van der Waals surface area contributed by atoms with Gasteiger partial charge in [-0.05, 0) is 43.0 Å². The molecule has 1 aliphatic rings. The van der Waals surface area contributed by atoms with Crippen molar-refractivity contribution >= 4 is 34.4 Å². The van der Waals surface area contributed by atoms with Gasteiger partial charge in [-0.25, -0.2) is 4.79 Å². The Hall–Kier alpha value is -3.97. The SMILES string of the molecule is Cc1cc(CNC(=O)OC2CCc3c(sc(NC(=O)C=Cc4cccnc4)c3C#N)C2)on1. The minimum absolute atomic E-state index is 0.192. The lowest BCUT2D eigenvalue weighted by atomic mass is 9.94. The maximum atomic E-state index is 12.4. The van der Waals surface area contributed by atoms with Crippen molar-refractivity contribution in [1.29, 1.82) is 5.26 Å². The highest BCUT2D eigenvalue weighted by Crippen LogP contribution is 2.38. The van der Waals surface area contributed by atoms with E-state index in [0.29, 0.717) is 35.6 Å². The first-order chi connectivity index (χ1) is 16.0. The molecule has 2 N–H and O–H groups in total. The van der Waals surface area contributed by atoms with Gasteiger partial charge in [0.05, 0.1) is 17.8 Å². The molecule has 0 bridgehead atoms. The number of hydrogen-bond donors (Lipinski definition) is 2. The van der Waals surface area contributed by atoms with Crippen LogP contribution in [0.4, 0.5) is 9.80 Å². The molecule has 0 saturated carbocycles. The molecule has 0 aliphatic heterocycles. The maximum absolute atomic E-state index is 12.4. The topological polar surface area (TPSA) is 130 Å². The first kappa shape index (κ1) is 22.2. The van der Waals surface area contributed by atoms with E-state index in [2.05, 4.69) is 26.8 Å². The summed E-state index contributed by atoms with van der Waals surface area (Å²) in [5, 5.41) is 19.4. The normalized spacial score (nSPS) is 15.0. The summed E-state index contributed by atoms with van der Waals surface area (Å²) in [7, 11) is 0. The number of anilines is 1. The Balaban J connectivity index is 1.36. The molecule has 0 aromatic carbocycles. The van der Waals surface area contributed by atoms with E-state index < -0.39 is 6.09 Å². The van der Waals surface area contributed by atoms with Gasteiger partial charge in [-0.2, -0.15) is 5.26 Å². The van der Waals surface area contributed by atoms with Gasteiger partial charge in [0.1, 0.15) is 17.2 Å². The first-order valence-corrected chi connectivity index (χ1v) is 11.1. The number of aryl methyl sites for hydroxylation is 1. The lowest BCUT2D eigenvalue weighted by molar-refractivity contribution is -0.111. The van der Waals surface area contributed by atoms with Gasteiger partial charge in [0.2, 0.25) is 5.91 Å². The lowest BCUT2D eigenvalue weighted by Crippen LogP contribution is -2.31. The second-order valence-corrected chi connectivity index (χ2v) is 8.59. The maximum Gasteiger partial charge on any atom is 0.407 e. The summed E-state index contributed by atoms with van der Waals surface area (Å²) < 4.78 is 10.6. The molecule has 1 unspecified atom stereocenters. The zero-order valence-electron chi connectivity index (χ0n) is 17.8. The minimum Gasteiger partial charge on any atom is -0.446 e. The number of ether oxygens (including phenoxy) is 1. The summed E-state index contributed by atoms with van der Waals surface area (Å²) in [6, 6.07) is 7.57. The van der Waals surface area contributed by atoms with E-state index in [4.69, 9.17) is 9.26 Å². The molecule has 10 heteroatoms. The number of aromatic nitrogens is 2. The predicted octanol–water partition coefficient (Wildman–Crippen LogP) is 3.75. The van der Waals surface area contributed by atoms with Crippen LogP contribution in [-0.2, 0) is 28.9 Å². The van der Waals surface area contributed by atoms with Crippen molar-refractivity contribution in [3.63, 3.8) is 0 Å². The Morgan fingerprint density at radius 1 is 1.45 bits per heavy atom. The van der Waals surface area contributed by atoms with Gasteiger partial charge < -0.3 is 19.9 Å². The number of alkyl carbamates (subject to hydrolysis) is 1. The van der Waals surface area contributed by atoms with E-state index in [9.17, 15) is 14.9 Å². The molecule has 0 saturated heterocycles. The fourth-order valence-corrected chi connectivity index (χ4v) is 4.78. The fourth-order valence-electron chi connectivity index (χ4n) is 3.51. The van der Waals surface area contributed by atoms with E-state index in [1.807, 2.05) is 6.07 Å². The Morgan fingerprint density at radius 2 is 2.33 bits per heavy atom. The summed E-state index contributed by atoms with van der Waals surface area (Å²) in [6.07, 6.45) is 7.20. The average Bonchev–Trinajstić information content (AvgIpc) is 3.38. The molecule has 2 amide bonds. The van der Waals surface area contributed by atoms with E-state index in [-0.39, 0.29) is 18.6 Å². The fraction of sp³-hybridized carbons (Fsp3) is 0.261. The summed E-state index contributed by atoms with van der Waals surface area (Å²) in [5.74, 6) is 0.217. The number of hydrogen-bond acceptors (Lipinski definition) is 8. The molecule has 1 atom stereocenters. The molecule has 0 spiro atoms. The first-order valence-electron chi connectivity index (χ1n) is 10.3. The number of nitrogens with one attached hydrogen (secondary N) is 2. The van der Waals surface area contributed by atoms with Crippen LogP contribution in [0.15, 0.2) is 41.2 Å². The number of carbonyl (C=O) groups excluding carboxylic acids is 2. The van der Waals surface area contributed by atoms with Crippen molar-refractivity contribution in [2.24, 2.45) is 0 Å². The molecular formula is C23H21N5O4S. The van der Waals surface area contributed by atoms with Crippen LogP contribution in [0.25, 0.3) is 6.08 Å². The van der Waals surface area contributed by atoms with Crippen molar-refractivity contribution in [3.8, 4) is 6.07 Å². The number of amides is 2. The van der Waals surface area contributed by atoms with Gasteiger partial charge >= 0.3 is 6.09 Å². The van der Waals surface area contributed by atoms with Gasteiger partial charge in [0, 0.05) is 35.8 Å². The van der Waals surface area contributed by atoms with Gasteiger partial charge in [-0.1, -0.05) is 11.2 Å². The third-order valence-corrected chi connectivity index (χ3v) is 6.21. The van der Waals surface area contributed by atoms with Crippen molar-refractivity contribution in [3.05, 3.63) is 69.7 Å². The number of fused-ring (bicyclic) bond motifs is 1. The molecule has 3 aromatic heterocycles. The quantitative estimate of drug-likeness (QED) is 0.533. The Morgan fingerprint density at radius 3 is 3.06 bits per heavy atom. The van der Waals surface area contributed by atoms with Crippen LogP contribution >= 0.6 is 11.3 Å². The van der Waals surface area contributed by atoms with Gasteiger partial charge in [0.15, 0.2) is 5.76 Å². The van der Waals surface area contributed by atoms with Crippen LogP contribution in [0.3, 0.4) is 0 Å². The molecule has 0 radical (unpaired) electrons. The molecule has 9 nitrogen and oxygen atoms in total. The number of thiophene rings is 1. The minimum atomic E-state index is -0.538. The van der Waals surface area contributed by atoms with Crippen LogP contribution in [0, 0.1) is 18.3 Å². The summed E-state index contributed by atoms with van der Waals surface area (Å²) >= 11 is 1.34. The highest BCUT2D eigenvalue weighted by molar-refractivity contribution is 7.16. The summed E-state index contributed by atoms with van der Waals surface area (Å²) in [6.45, 7) is 1.99. The third-order valence-electron chi connectivity index (χ3n) is 5.04. The molecule has 168 valence electrons. The molecular weight excluding hydrogens is 442 g/mol. The molecule has 33 heavy (non-hydrogen) atoms. The van der Waals surface area contributed by atoms with E-state index in [1.165, 1.54) is 17.4 Å². The van der Waals surface area contributed by atoms with Crippen molar-refractivity contribution in [2.75, 3.05) is 5.32 Å². The number of nitrogens with zero attached hydrogens (tertiary/aromatic N) is 3. The largest absolute Gasteiger partial charge is 0.446 e. The molecule has 3 aromatic rings. The van der Waals surface area contributed by atoms with Gasteiger partial charge in [0.25, 0.3) is 0 Å². The standard InChI is InChI=1S/C23H21N5O4S/c1-14-9-17(32-28-14)13-26-23(30)31-16-5-6-18-19(11-24)22(33-20(18)10-16)27-21(29)7-4-15-3-2-8-25-12-15/h2-4,7-9,12,16H,5-6,10,13H2,1H3,(H,26,30)(H,27,29). The van der Waals surface area contributed by atoms with E-state index >= 15 is 0 Å². The second kappa shape index (κ2) is 10.1. The zero-order valence-corrected chi connectivity index (χ0v) is 18.6. The van der Waals surface area contributed by atoms with Crippen LogP contribution in [0.1, 0.15) is 39.4 Å². The van der Waals surface area contributed by atoms with E-state index in [0.717, 1.165) is 21.7 Å². The van der Waals surface area contributed by atoms with Crippen molar-refractivity contribution in [1.82, 2.24) is 15.5 Å². The summed E-state index contributed by atoms with van der Waals surface area (Å²) in [4.78, 5) is 29.4. The van der Waals surface area contributed by atoms with Crippen molar-refractivity contribution in [2.45, 2.75) is 38.8 Å². The highest BCUT2D eigenvalue weighted by atomic mass is 32.1. The molecule has 4 rings (SSSR count). The van der Waals surface area contributed by atoms with Crippen LogP contribution < -0.4 is 10.6 Å². The molecule has 0 fully saturated rings. The Labute approximate surface area is 194 Å². The summed E-state index contributed by atoms with van der Waals surface area (Å²) in [5.41, 5.74) is 2.92. The number of pyridine rings is 1. The van der Waals surface area contributed by atoms with Crippen LogP contribution in [0.5, 0.6) is 0 Å². The van der Waals surface area contributed by atoms with Crippen LogP contribution in [0.2, 0.25) is 0 Å². The molecule has 3 heterocycles. The Bertz CT molecular complexity index is 1230. The van der Waals surface area contributed by atoms with Gasteiger partial charge in [-0.15, -0.1) is 11.3 Å². The lowest BCUT2D eigenvalue weighted by Gasteiger charge is -2.22. The second-order valence-electron chi connectivity index (χ2n) is 7.49. The number of nitriles is 1. The van der Waals surface area contributed by atoms with Gasteiger partial charge in [-0.3, -0.25) is 9.78 Å². The zero-order chi connectivity index (χ0) is 23.2. The average molecular weight is 464 g/mol. The number of carbonyl (C=O) groups is 2. The number of rotatable bonds is 6. The van der Waals surface area contributed by atoms with E-state index in [1.54, 1.807) is 37.5 Å². The van der Waals surface area contributed by atoms with Crippen molar-refractivity contribution < 1.29 is 18.8 Å². The smallest absolute Gasteiger partial charge is 0.407 e. The monoisotopic (exact) mass is 463 g/mol. The Kier molecular flexibility index (Phi) is 6.80. The molecule has 1 aliphatic carbocycles.